The maximum absolute atomic E-state index is 12.9. The Morgan fingerprint density at radius 2 is 1.97 bits per heavy atom. The Labute approximate surface area is 194 Å². The highest BCUT2D eigenvalue weighted by atomic mass is 32.2. The number of carbonyl (C=O) groups excluding carboxylic acids is 3. The number of thiazole rings is 1. The van der Waals surface area contributed by atoms with Crippen molar-refractivity contribution in [2.24, 2.45) is 5.16 Å². The van der Waals surface area contributed by atoms with E-state index in [-0.39, 0.29) is 15.1 Å². The van der Waals surface area contributed by atoms with Gasteiger partial charge in [-0.2, -0.15) is 12.7 Å². The molecule has 0 unspecified atom stereocenters. The van der Waals surface area contributed by atoms with E-state index in [0.717, 1.165) is 11.3 Å². The van der Waals surface area contributed by atoms with Crippen LogP contribution in [0.4, 0.5) is 5.13 Å². The van der Waals surface area contributed by atoms with Crippen LogP contribution in [0.3, 0.4) is 0 Å². The summed E-state index contributed by atoms with van der Waals surface area (Å²) in [6.07, 6.45) is 5.23. The smallest absolute Gasteiger partial charge is 0.363 e. The molecule has 4 N–H and O–H groups in total. The number of nitrogens with zero attached hydrogens (tertiary/aromatic N) is 3. The number of aromatic nitrogens is 1. The lowest BCUT2D eigenvalue weighted by Gasteiger charge is -2.41. The van der Waals surface area contributed by atoms with Crippen LogP contribution in [-0.2, 0) is 34.3 Å². The van der Waals surface area contributed by atoms with Crippen molar-refractivity contribution < 1.29 is 36.9 Å². The van der Waals surface area contributed by atoms with Gasteiger partial charge in [-0.1, -0.05) is 11.1 Å². The minimum atomic E-state index is -4.91. The molecule has 0 radical (unpaired) electrons. The van der Waals surface area contributed by atoms with Crippen LogP contribution in [0.15, 0.2) is 10.5 Å². The molecule has 0 spiro atoms. The van der Waals surface area contributed by atoms with Crippen molar-refractivity contribution >= 4 is 50.3 Å². The van der Waals surface area contributed by atoms with Gasteiger partial charge >= 0.3 is 16.3 Å². The molecule has 2 heterocycles. The largest absolute Gasteiger partial charge is 0.457 e. The monoisotopic (exact) mass is 501 g/mol. The van der Waals surface area contributed by atoms with E-state index in [9.17, 15) is 22.8 Å². The van der Waals surface area contributed by atoms with Gasteiger partial charge in [-0.25, -0.2) is 9.78 Å². The Morgan fingerprint density at radius 3 is 2.42 bits per heavy atom. The summed E-state index contributed by atoms with van der Waals surface area (Å²) in [5.74, 6) is -0.929. The number of nitrogens with one attached hydrogen (secondary N) is 1. The first-order valence-electron chi connectivity index (χ1n) is 9.26. The van der Waals surface area contributed by atoms with Crippen molar-refractivity contribution in [1.82, 2.24) is 14.6 Å². The summed E-state index contributed by atoms with van der Waals surface area (Å²) in [7, 11) is -4.91. The standard InChI is InChI=1S/C18H23N5O8S2/c1-7-10-12(14(25)23(10)33(27,28)29)21-13(24)11(9-8-32-16(19)20-9)22-31-18(5,6)15(26)30-17(2,3)4/h1,8,10,12H,2-6H3,(H2,19,20)(H,21,24)(H,27,28,29)/t10-,12+/m1/s1. The average molecular weight is 502 g/mol. The highest BCUT2D eigenvalue weighted by molar-refractivity contribution is 7.84. The summed E-state index contributed by atoms with van der Waals surface area (Å²) in [4.78, 5) is 46.6. The number of rotatable bonds is 7. The van der Waals surface area contributed by atoms with Crippen LogP contribution in [0.25, 0.3) is 0 Å². The number of ether oxygens (including phenoxy) is 1. The molecule has 1 aromatic rings. The molecule has 13 nitrogen and oxygen atoms in total. The Bertz CT molecular complexity index is 1140. The van der Waals surface area contributed by atoms with E-state index in [2.05, 4.69) is 15.5 Å². The van der Waals surface area contributed by atoms with E-state index < -0.39 is 57.1 Å². The summed E-state index contributed by atoms with van der Waals surface area (Å²) < 4.78 is 37.0. The van der Waals surface area contributed by atoms with E-state index in [0.29, 0.717) is 0 Å². The summed E-state index contributed by atoms with van der Waals surface area (Å²) in [6.45, 7) is 7.71. The molecule has 2 amide bonds. The number of nitrogen functional groups attached to an aromatic ring is 1. The number of amides is 2. The molecule has 33 heavy (non-hydrogen) atoms. The van der Waals surface area contributed by atoms with Crippen LogP contribution in [0.1, 0.15) is 40.3 Å². The number of terminal acetylenes is 1. The van der Waals surface area contributed by atoms with Gasteiger partial charge in [0.1, 0.15) is 23.4 Å². The molecule has 1 fully saturated rings. The van der Waals surface area contributed by atoms with Gasteiger partial charge in [0, 0.05) is 5.38 Å². The van der Waals surface area contributed by atoms with Crippen molar-refractivity contribution in [2.45, 2.75) is 57.9 Å². The van der Waals surface area contributed by atoms with Crippen molar-refractivity contribution in [3.05, 3.63) is 11.1 Å². The Hall–Kier alpha value is -3.22. The molecule has 180 valence electrons. The highest BCUT2D eigenvalue weighted by Crippen LogP contribution is 2.24. The average Bonchev–Trinajstić information content (AvgIpc) is 3.07. The predicted molar refractivity (Wildman–Crippen MR) is 117 cm³/mol. The number of hydrogen-bond acceptors (Lipinski definition) is 11. The molecular weight excluding hydrogens is 478 g/mol. The second kappa shape index (κ2) is 8.96. The van der Waals surface area contributed by atoms with E-state index >= 15 is 0 Å². The fourth-order valence-corrected chi connectivity index (χ4v) is 3.79. The van der Waals surface area contributed by atoms with Gasteiger partial charge in [-0.05, 0) is 34.6 Å². The van der Waals surface area contributed by atoms with E-state index in [4.69, 9.17) is 26.3 Å². The van der Waals surface area contributed by atoms with Gasteiger partial charge in [-0.15, -0.1) is 17.8 Å². The molecule has 0 aromatic carbocycles. The quantitative estimate of drug-likeness (QED) is 0.112. The summed E-state index contributed by atoms with van der Waals surface area (Å²) in [5, 5.41) is 7.43. The molecule has 0 saturated carbocycles. The Balaban J connectivity index is 2.30. The summed E-state index contributed by atoms with van der Waals surface area (Å²) in [5.41, 5.74) is 2.69. The number of hydrogen-bond donors (Lipinski definition) is 3. The molecule has 2 atom stereocenters. The van der Waals surface area contributed by atoms with Crippen LogP contribution >= 0.6 is 11.3 Å². The number of oxime groups is 1. The van der Waals surface area contributed by atoms with Gasteiger partial charge in [0.15, 0.2) is 10.8 Å². The highest BCUT2D eigenvalue weighted by Gasteiger charge is 2.53. The maximum atomic E-state index is 12.9. The van der Waals surface area contributed by atoms with Crippen molar-refractivity contribution in [1.29, 1.82) is 0 Å². The molecule has 1 saturated heterocycles. The predicted octanol–water partition coefficient (Wildman–Crippen LogP) is -0.302. The second-order valence-electron chi connectivity index (χ2n) is 8.29. The first kappa shape index (κ1) is 26.0. The molecule has 15 heteroatoms. The molecular formula is C18H23N5O8S2. The number of esters is 1. The fourth-order valence-electron chi connectivity index (χ4n) is 2.43. The van der Waals surface area contributed by atoms with Crippen molar-refractivity contribution in [3.63, 3.8) is 0 Å². The summed E-state index contributed by atoms with van der Waals surface area (Å²) in [6, 6.07) is -2.93. The third kappa shape index (κ3) is 5.97. The van der Waals surface area contributed by atoms with Crippen LogP contribution in [-0.4, -0.2) is 69.0 Å². The topological polar surface area (TPSA) is 191 Å². The zero-order valence-electron chi connectivity index (χ0n) is 18.3. The van der Waals surface area contributed by atoms with Gasteiger partial charge in [0.2, 0.25) is 5.60 Å². The third-order valence-electron chi connectivity index (χ3n) is 3.99. The molecule has 1 aromatic heterocycles. The minimum absolute atomic E-state index is 0.0364. The molecule has 1 aliphatic heterocycles. The van der Waals surface area contributed by atoms with Crippen LogP contribution in [0.2, 0.25) is 0 Å². The molecule has 2 rings (SSSR count). The first-order valence-corrected chi connectivity index (χ1v) is 11.5. The van der Waals surface area contributed by atoms with Crippen LogP contribution in [0.5, 0.6) is 0 Å². The van der Waals surface area contributed by atoms with Crippen LogP contribution < -0.4 is 11.1 Å². The van der Waals surface area contributed by atoms with Gasteiger partial charge in [0.05, 0.1) is 0 Å². The number of β-lactam (4-membered cyclic amide) rings is 1. The second-order valence-corrected chi connectivity index (χ2v) is 10.5. The van der Waals surface area contributed by atoms with E-state index in [1.807, 2.05) is 5.92 Å². The van der Waals surface area contributed by atoms with Crippen LogP contribution in [0, 0.1) is 12.3 Å². The zero-order chi connectivity index (χ0) is 25.4. The molecule has 0 bridgehead atoms. The van der Waals surface area contributed by atoms with Crippen molar-refractivity contribution in [3.8, 4) is 12.3 Å². The lowest BCUT2D eigenvalue weighted by Crippen LogP contribution is -2.71. The van der Waals surface area contributed by atoms with E-state index in [1.165, 1.54) is 19.2 Å². The van der Waals surface area contributed by atoms with Gasteiger partial charge in [-0.3, -0.25) is 14.1 Å². The fraction of sp³-hybridized carbons (Fsp3) is 0.500. The minimum Gasteiger partial charge on any atom is -0.457 e. The zero-order valence-corrected chi connectivity index (χ0v) is 20.0. The Kier molecular flexibility index (Phi) is 7.07. The molecule has 0 aliphatic carbocycles. The van der Waals surface area contributed by atoms with Gasteiger partial charge in [0.25, 0.3) is 11.8 Å². The number of carbonyl (C=O) groups is 3. The first-order chi connectivity index (χ1) is 15.0. The lowest BCUT2D eigenvalue weighted by atomic mass is 9.99. The maximum Gasteiger partial charge on any atom is 0.363 e. The third-order valence-corrected chi connectivity index (χ3v) is 5.57. The number of nitrogens with two attached hydrogens (primary N) is 1. The van der Waals surface area contributed by atoms with Crippen molar-refractivity contribution in [2.75, 3.05) is 5.73 Å². The normalized spacial score (nSPS) is 19.4. The summed E-state index contributed by atoms with van der Waals surface area (Å²) >= 11 is 0.984. The van der Waals surface area contributed by atoms with E-state index in [1.54, 1.807) is 20.8 Å². The Morgan fingerprint density at radius 1 is 1.36 bits per heavy atom. The molecule has 1 aliphatic rings. The SMILES string of the molecule is C#C[C@@H]1[C@H](NC(=O)C(=NOC(C)(C)C(=O)OC(C)(C)C)c2csc(N)n2)C(=O)N1S(=O)(=O)O. The lowest BCUT2D eigenvalue weighted by molar-refractivity contribution is -0.179. The van der Waals surface area contributed by atoms with Gasteiger partial charge < -0.3 is 20.6 Å². The number of anilines is 1.